The van der Waals surface area contributed by atoms with Crippen LogP contribution in [0.4, 0.5) is 17.2 Å². The van der Waals surface area contributed by atoms with Crippen molar-refractivity contribution >= 4 is 39.8 Å². The lowest BCUT2D eigenvalue weighted by Crippen LogP contribution is -2.08. The van der Waals surface area contributed by atoms with Gasteiger partial charge in [0, 0.05) is 17.6 Å². The number of carboxylic acid groups (broad SMARTS) is 1. The Bertz CT molecular complexity index is 1020. The van der Waals surface area contributed by atoms with Gasteiger partial charge in [-0.3, -0.25) is 4.21 Å². The largest absolute Gasteiger partial charge is 0.771 e. The van der Waals surface area contributed by atoms with E-state index in [-0.39, 0.29) is 11.4 Å². The first-order chi connectivity index (χ1) is 12.4. The van der Waals surface area contributed by atoms with Crippen LogP contribution >= 0.6 is 0 Å². The minimum Gasteiger partial charge on any atom is -0.771 e. The lowest BCUT2D eigenvalue weighted by atomic mass is 10.1. The number of aromatic carboxylic acids is 1. The first-order valence-corrected chi connectivity index (χ1v) is 8.85. The van der Waals surface area contributed by atoms with Gasteiger partial charge in [-0.05, 0) is 48.2 Å². The van der Waals surface area contributed by atoms with E-state index in [1.807, 2.05) is 13.0 Å². The molecule has 26 heavy (non-hydrogen) atoms. The van der Waals surface area contributed by atoms with Crippen LogP contribution in [0, 0.1) is 13.8 Å². The van der Waals surface area contributed by atoms with E-state index in [0.29, 0.717) is 28.3 Å². The zero-order valence-corrected chi connectivity index (χ0v) is 14.8. The first-order valence-electron chi connectivity index (χ1n) is 7.60. The number of rotatable bonds is 6. The lowest BCUT2D eigenvalue weighted by Gasteiger charge is -2.14. The molecule has 1 unspecified atom stereocenters. The molecule has 3 aromatic rings. The maximum atomic E-state index is 11.3. The van der Waals surface area contributed by atoms with Crippen molar-refractivity contribution in [2.75, 3.05) is 16.5 Å². The quantitative estimate of drug-likeness (QED) is 0.559. The zero-order valence-electron chi connectivity index (χ0n) is 14.0. The van der Waals surface area contributed by atoms with Crippen LogP contribution < -0.4 is 10.6 Å². The molecular formula is C16H16N5O4S-. The molecule has 2 aromatic heterocycles. The van der Waals surface area contributed by atoms with Crippen LogP contribution in [-0.2, 0) is 11.1 Å². The first kappa shape index (κ1) is 17.8. The van der Waals surface area contributed by atoms with Gasteiger partial charge in [0.1, 0.15) is 11.8 Å². The summed E-state index contributed by atoms with van der Waals surface area (Å²) in [6.07, 6.45) is 2.77. The minimum absolute atomic E-state index is 0.151. The van der Waals surface area contributed by atoms with Crippen molar-refractivity contribution in [1.82, 2.24) is 14.6 Å². The molecule has 0 aliphatic heterocycles. The molecule has 2 heterocycles. The average Bonchev–Trinajstić information content (AvgIpc) is 2.93. The van der Waals surface area contributed by atoms with Crippen molar-refractivity contribution in [3.8, 4) is 0 Å². The molecule has 0 amide bonds. The number of hydrogen-bond donors (Lipinski definition) is 3. The molecule has 10 heteroatoms. The fraction of sp³-hybridized carbons (Fsp3) is 0.188. The summed E-state index contributed by atoms with van der Waals surface area (Å²) in [6.45, 7) is 3.59. The highest BCUT2D eigenvalue weighted by atomic mass is 32.2. The maximum absolute atomic E-state index is 11.3. The molecule has 3 N–H and O–H groups in total. The molecule has 0 fully saturated rings. The summed E-state index contributed by atoms with van der Waals surface area (Å²) in [5.41, 5.74) is 3.52. The number of hydrogen-bond acceptors (Lipinski definition) is 7. The predicted octanol–water partition coefficient (Wildman–Crippen LogP) is 2.04. The van der Waals surface area contributed by atoms with Gasteiger partial charge < -0.3 is 20.3 Å². The molecule has 1 atom stereocenters. The topological polar surface area (TPSA) is 132 Å². The van der Waals surface area contributed by atoms with Gasteiger partial charge in [0.05, 0.1) is 11.4 Å². The zero-order chi connectivity index (χ0) is 18.8. The average molecular weight is 374 g/mol. The molecule has 0 saturated carbocycles. The van der Waals surface area contributed by atoms with Crippen LogP contribution in [0.2, 0.25) is 0 Å². The third-order valence-corrected chi connectivity index (χ3v) is 4.32. The van der Waals surface area contributed by atoms with Gasteiger partial charge in [0.2, 0.25) is 0 Å². The van der Waals surface area contributed by atoms with Crippen molar-refractivity contribution in [2.24, 2.45) is 0 Å². The van der Waals surface area contributed by atoms with Gasteiger partial charge in [0.15, 0.2) is 5.82 Å². The van der Waals surface area contributed by atoms with Gasteiger partial charge >= 0.3 is 5.97 Å². The fourth-order valence-corrected chi connectivity index (χ4v) is 2.89. The summed E-state index contributed by atoms with van der Waals surface area (Å²) < 4.78 is 22.9. The van der Waals surface area contributed by atoms with Crippen LogP contribution in [0.15, 0.2) is 30.7 Å². The van der Waals surface area contributed by atoms with E-state index in [1.54, 1.807) is 19.1 Å². The smallest absolute Gasteiger partial charge is 0.337 e. The summed E-state index contributed by atoms with van der Waals surface area (Å²) in [5, 5.41) is 19.3. The third-order valence-electron chi connectivity index (χ3n) is 3.94. The molecular weight excluding hydrogens is 358 g/mol. The molecule has 3 rings (SSSR count). The van der Waals surface area contributed by atoms with E-state index in [1.165, 1.54) is 17.0 Å². The highest BCUT2D eigenvalue weighted by Gasteiger charge is 2.17. The molecule has 1 aromatic carbocycles. The van der Waals surface area contributed by atoms with E-state index in [4.69, 9.17) is 0 Å². The SMILES string of the molecule is Cc1ccc(NCS(=O)[O-])cc1Nc1ncnn2cc(C(=O)O)c(C)c12. The van der Waals surface area contributed by atoms with Crippen LogP contribution in [0.1, 0.15) is 21.5 Å². The van der Waals surface area contributed by atoms with Crippen LogP contribution in [0.5, 0.6) is 0 Å². The molecule has 9 nitrogen and oxygen atoms in total. The van der Waals surface area contributed by atoms with Gasteiger partial charge in [0.25, 0.3) is 0 Å². The molecule has 136 valence electrons. The second kappa shape index (κ2) is 7.10. The van der Waals surface area contributed by atoms with Crippen LogP contribution in [0.25, 0.3) is 5.52 Å². The Kier molecular flexibility index (Phi) is 4.87. The molecule has 0 aliphatic carbocycles. The monoisotopic (exact) mass is 374 g/mol. The lowest BCUT2D eigenvalue weighted by molar-refractivity contribution is 0.0696. The van der Waals surface area contributed by atoms with Gasteiger partial charge in [-0.2, -0.15) is 5.10 Å². The number of aryl methyl sites for hydroxylation is 2. The third kappa shape index (κ3) is 3.51. The number of carboxylic acids is 1. The Labute approximate surface area is 151 Å². The Morgan fingerprint density at radius 2 is 2.15 bits per heavy atom. The maximum Gasteiger partial charge on any atom is 0.337 e. The standard InChI is InChI=1S/C16H17N5O4S/c1-9-3-4-11(18-8-26(24)25)5-13(9)20-15-14-10(2)12(16(22)23)6-21(14)19-7-17-15/h3-7,18H,8H2,1-2H3,(H,22,23)(H,24,25)(H,17,19,20)/p-1. The molecule has 0 bridgehead atoms. The molecule has 0 spiro atoms. The van der Waals surface area contributed by atoms with Crippen molar-refractivity contribution in [3.05, 3.63) is 47.4 Å². The summed E-state index contributed by atoms with van der Waals surface area (Å²) in [5.74, 6) is -0.773. The Morgan fingerprint density at radius 1 is 1.38 bits per heavy atom. The molecule has 0 saturated heterocycles. The summed E-state index contributed by atoms with van der Waals surface area (Å²) in [7, 11) is 0. The summed E-state index contributed by atoms with van der Waals surface area (Å²) >= 11 is -2.20. The fourth-order valence-electron chi connectivity index (χ4n) is 2.60. The number of nitrogens with one attached hydrogen (secondary N) is 2. The number of fused-ring (bicyclic) bond motifs is 1. The van der Waals surface area contributed by atoms with Crippen molar-refractivity contribution in [3.63, 3.8) is 0 Å². The van der Waals surface area contributed by atoms with Gasteiger partial charge in [-0.15, -0.1) is 0 Å². The highest BCUT2D eigenvalue weighted by Crippen LogP contribution is 2.28. The normalized spacial score (nSPS) is 12.1. The van der Waals surface area contributed by atoms with E-state index in [2.05, 4.69) is 20.7 Å². The molecule has 0 radical (unpaired) electrons. The van der Waals surface area contributed by atoms with Gasteiger partial charge in [-0.1, -0.05) is 6.07 Å². The van der Waals surface area contributed by atoms with E-state index in [9.17, 15) is 18.7 Å². The predicted molar refractivity (Wildman–Crippen MR) is 96.6 cm³/mol. The van der Waals surface area contributed by atoms with Crippen LogP contribution in [-0.4, -0.2) is 40.3 Å². The Morgan fingerprint density at radius 3 is 2.85 bits per heavy atom. The number of anilines is 3. The van der Waals surface area contributed by atoms with Crippen LogP contribution in [0.3, 0.4) is 0 Å². The number of benzene rings is 1. The number of carbonyl (C=O) groups is 1. The van der Waals surface area contributed by atoms with Crippen molar-refractivity contribution in [1.29, 1.82) is 0 Å². The second-order valence-corrected chi connectivity index (χ2v) is 6.55. The van der Waals surface area contributed by atoms with Gasteiger partial charge in [-0.25, -0.2) is 14.3 Å². The summed E-state index contributed by atoms with van der Waals surface area (Å²) in [6, 6.07) is 5.37. The Balaban J connectivity index is 2.00. The Hall–Kier alpha value is -2.98. The molecule has 0 aliphatic rings. The van der Waals surface area contributed by atoms with Crippen molar-refractivity contribution in [2.45, 2.75) is 13.8 Å². The second-order valence-electron chi connectivity index (χ2n) is 5.65. The van der Waals surface area contributed by atoms with E-state index in [0.717, 1.165) is 5.56 Å². The summed E-state index contributed by atoms with van der Waals surface area (Å²) in [4.78, 5) is 15.6. The van der Waals surface area contributed by atoms with E-state index < -0.39 is 17.0 Å². The number of nitrogens with zero attached hydrogens (tertiary/aromatic N) is 3. The van der Waals surface area contributed by atoms with E-state index >= 15 is 0 Å². The minimum atomic E-state index is -2.20. The highest BCUT2D eigenvalue weighted by molar-refractivity contribution is 7.79. The van der Waals surface area contributed by atoms with Crippen molar-refractivity contribution < 1.29 is 18.7 Å². The number of aromatic nitrogens is 3.